The van der Waals surface area contributed by atoms with Gasteiger partial charge in [-0.2, -0.15) is 0 Å². The maximum Gasteiger partial charge on any atom is 0.248 e. The summed E-state index contributed by atoms with van der Waals surface area (Å²) in [5.74, 6) is -0.924. The van der Waals surface area contributed by atoms with Crippen molar-refractivity contribution in [2.24, 2.45) is 16.5 Å². The Hall–Kier alpha value is -1.56. The lowest BCUT2D eigenvalue weighted by molar-refractivity contribution is 0.1000. The van der Waals surface area contributed by atoms with E-state index >= 15 is 0 Å². The van der Waals surface area contributed by atoms with E-state index in [1.165, 1.54) is 30.0 Å². The Morgan fingerprint density at radius 1 is 1.56 bits per heavy atom. The fraction of sp³-hybridized carbons (Fsp3) is 0.333. The van der Waals surface area contributed by atoms with E-state index in [9.17, 15) is 9.18 Å². The maximum absolute atomic E-state index is 13.9. The number of aliphatic imine (C=N–C) groups is 1. The zero-order valence-electron chi connectivity index (χ0n) is 9.94. The van der Waals surface area contributed by atoms with Gasteiger partial charge in [-0.05, 0) is 31.5 Å². The number of amides is 1. The molecule has 6 heteroatoms. The van der Waals surface area contributed by atoms with E-state index in [2.05, 4.69) is 4.99 Å². The first kappa shape index (κ1) is 12.9. The number of thioether (sulfide) groups is 1. The molecule has 0 bridgehead atoms. The average Bonchev–Trinajstić information content (AvgIpc) is 2.28. The summed E-state index contributed by atoms with van der Waals surface area (Å²) in [6, 6.07) is 4.15. The molecule has 1 aromatic rings. The highest BCUT2D eigenvalue weighted by atomic mass is 32.2. The number of amidine groups is 1. The topological polar surface area (TPSA) is 81.5 Å². The summed E-state index contributed by atoms with van der Waals surface area (Å²) in [6.07, 6.45) is 0.664. The molecule has 0 unspecified atom stereocenters. The first-order chi connectivity index (χ1) is 8.42. The molecule has 1 heterocycles. The standard InChI is InChI=1S/C12H14FN3OS/c1-12(4-5-16-11(15)18-12)8-6-7(10(14)17)2-3-9(8)13/h2-3,6H,4-5H2,1H3,(H2,14,17)(H2,15,16)/t12-/m0/s1. The molecule has 0 radical (unpaired) electrons. The Balaban J connectivity index is 2.46. The van der Waals surface area contributed by atoms with Crippen LogP contribution in [0.25, 0.3) is 0 Å². The van der Waals surface area contributed by atoms with Gasteiger partial charge in [-0.3, -0.25) is 9.79 Å². The van der Waals surface area contributed by atoms with Gasteiger partial charge in [-0.1, -0.05) is 11.8 Å². The number of hydrogen-bond donors (Lipinski definition) is 2. The quantitative estimate of drug-likeness (QED) is 0.853. The second kappa shape index (κ2) is 4.61. The van der Waals surface area contributed by atoms with Gasteiger partial charge in [0.2, 0.25) is 5.91 Å². The minimum atomic E-state index is -0.567. The molecule has 4 N–H and O–H groups in total. The molecule has 1 atom stereocenters. The second-order valence-electron chi connectivity index (χ2n) is 4.36. The highest BCUT2D eigenvalue weighted by Gasteiger charge is 2.34. The van der Waals surface area contributed by atoms with Gasteiger partial charge < -0.3 is 11.5 Å². The molecule has 0 spiro atoms. The van der Waals surface area contributed by atoms with Gasteiger partial charge in [0.05, 0.1) is 4.75 Å². The van der Waals surface area contributed by atoms with Crippen LogP contribution in [0.3, 0.4) is 0 Å². The van der Waals surface area contributed by atoms with Crippen molar-refractivity contribution in [2.45, 2.75) is 18.1 Å². The number of hydrogen-bond acceptors (Lipinski definition) is 4. The van der Waals surface area contributed by atoms with E-state index in [1.807, 2.05) is 6.92 Å². The summed E-state index contributed by atoms with van der Waals surface area (Å²) in [5, 5.41) is 0.438. The van der Waals surface area contributed by atoms with E-state index < -0.39 is 10.7 Å². The molecule has 1 amide bonds. The van der Waals surface area contributed by atoms with Crippen molar-refractivity contribution >= 4 is 22.8 Å². The molecule has 96 valence electrons. The Morgan fingerprint density at radius 3 is 2.89 bits per heavy atom. The zero-order chi connectivity index (χ0) is 13.3. The SMILES string of the molecule is C[C@@]1(c2cc(C(N)=O)ccc2F)CCN=C(N)S1. The van der Waals surface area contributed by atoms with Crippen molar-refractivity contribution in [3.05, 3.63) is 35.1 Å². The van der Waals surface area contributed by atoms with Gasteiger partial charge in [0.1, 0.15) is 5.82 Å². The predicted octanol–water partition coefficient (Wildman–Crippen LogP) is 1.59. The predicted molar refractivity (Wildman–Crippen MR) is 71.0 cm³/mol. The number of primary amides is 1. The minimum absolute atomic E-state index is 0.300. The number of benzene rings is 1. The number of halogens is 1. The van der Waals surface area contributed by atoms with E-state index in [1.54, 1.807) is 0 Å². The van der Waals surface area contributed by atoms with Crippen molar-refractivity contribution in [1.82, 2.24) is 0 Å². The molecular formula is C12H14FN3OS. The van der Waals surface area contributed by atoms with Gasteiger partial charge in [0.25, 0.3) is 0 Å². The highest BCUT2D eigenvalue weighted by Crippen LogP contribution is 2.42. The third-order valence-corrected chi connectivity index (χ3v) is 4.22. The van der Waals surface area contributed by atoms with E-state index in [0.29, 0.717) is 29.3 Å². The highest BCUT2D eigenvalue weighted by molar-refractivity contribution is 8.14. The lowest BCUT2D eigenvalue weighted by atomic mass is 9.94. The van der Waals surface area contributed by atoms with Crippen LogP contribution in [0.5, 0.6) is 0 Å². The monoisotopic (exact) mass is 267 g/mol. The van der Waals surface area contributed by atoms with Gasteiger partial charge >= 0.3 is 0 Å². The number of rotatable bonds is 2. The summed E-state index contributed by atoms with van der Waals surface area (Å²) in [7, 11) is 0. The largest absolute Gasteiger partial charge is 0.379 e. The van der Waals surface area contributed by atoms with Crippen LogP contribution in [0, 0.1) is 5.82 Å². The number of nitrogens with two attached hydrogens (primary N) is 2. The zero-order valence-corrected chi connectivity index (χ0v) is 10.8. The molecule has 4 nitrogen and oxygen atoms in total. The van der Waals surface area contributed by atoms with Crippen molar-refractivity contribution in [2.75, 3.05) is 6.54 Å². The normalized spacial score (nSPS) is 23.6. The van der Waals surface area contributed by atoms with E-state index in [0.717, 1.165) is 0 Å². The smallest absolute Gasteiger partial charge is 0.248 e. The van der Waals surface area contributed by atoms with Crippen molar-refractivity contribution in [1.29, 1.82) is 0 Å². The fourth-order valence-corrected chi connectivity index (χ4v) is 3.04. The molecule has 1 aliphatic heterocycles. The van der Waals surface area contributed by atoms with Crippen LogP contribution in [-0.2, 0) is 4.75 Å². The van der Waals surface area contributed by atoms with Crippen LogP contribution >= 0.6 is 11.8 Å². The summed E-state index contributed by atoms with van der Waals surface area (Å²) < 4.78 is 13.4. The molecule has 1 aromatic carbocycles. The van der Waals surface area contributed by atoms with Crippen LogP contribution in [0.2, 0.25) is 0 Å². The molecule has 0 aliphatic carbocycles. The Morgan fingerprint density at radius 2 is 2.28 bits per heavy atom. The summed E-state index contributed by atoms with van der Waals surface area (Å²) in [5.41, 5.74) is 11.7. The van der Waals surface area contributed by atoms with Crippen LogP contribution in [-0.4, -0.2) is 17.6 Å². The van der Waals surface area contributed by atoms with Gasteiger partial charge in [-0.15, -0.1) is 0 Å². The molecular weight excluding hydrogens is 253 g/mol. The van der Waals surface area contributed by atoms with Gasteiger partial charge in [-0.25, -0.2) is 4.39 Å². The van der Waals surface area contributed by atoms with Crippen molar-refractivity contribution in [3.8, 4) is 0 Å². The van der Waals surface area contributed by atoms with E-state index in [4.69, 9.17) is 11.5 Å². The molecule has 1 aliphatic rings. The Bertz CT molecular complexity index is 532. The molecule has 2 rings (SSSR count). The molecule has 18 heavy (non-hydrogen) atoms. The van der Waals surface area contributed by atoms with Crippen LogP contribution in [0.1, 0.15) is 29.3 Å². The Kier molecular flexibility index (Phi) is 3.30. The molecule has 0 fully saturated rings. The minimum Gasteiger partial charge on any atom is -0.379 e. The number of nitrogens with zero attached hydrogens (tertiary/aromatic N) is 1. The van der Waals surface area contributed by atoms with Crippen LogP contribution in [0.4, 0.5) is 4.39 Å². The lowest BCUT2D eigenvalue weighted by Crippen LogP contribution is -2.29. The average molecular weight is 267 g/mol. The van der Waals surface area contributed by atoms with Crippen molar-refractivity contribution in [3.63, 3.8) is 0 Å². The molecule has 0 aromatic heterocycles. The number of carbonyl (C=O) groups is 1. The van der Waals surface area contributed by atoms with Crippen molar-refractivity contribution < 1.29 is 9.18 Å². The van der Waals surface area contributed by atoms with Gasteiger partial charge in [0, 0.05) is 17.7 Å². The molecule has 0 saturated heterocycles. The second-order valence-corrected chi connectivity index (χ2v) is 5.89. The Labute approximate surface area is 109 Å². The first-order valence-corrected chi connectivity index (χ1v) is 6.33. The fourth-order valence-electron chi connectivity index (χ4n) is 1.97. The first-order valence-electron chi connectivity index (χ1n) is 5.51. The number of carbonyl (C=O) groups excluding carboxylic acids is 1. The summed E-state index contributed by atoms with van der Waals surface area (Å²) in [6.45, 7) is 2.44. The van der Waals surface area contributed by atoms with Gasteiger partial charge in [0.15, 0.2) is 5.17 Å². The summed E-state index contributed by atoms with van der Waals surface area (Å²) in [4.78, 5) is 15.2. The van der Waals surface area contributed by atoms with Crippen LogP contribution < -0.4 is 11.5 Å². The lowest BCUT2D eigenvalue weighted by Gasteiger charge is -2.32. The summed E-state index contributed by atoms with van der Waals surface area (Å²) >= 11 is 1.31. The molecule has 0 saturated carbocycles. The van der Waals surface area contributed by atoms with Crippen LogP contribution in [0.15, 0.2) is 23.2 Å². The maximum atomic E-state index is 13.9. The van der Waals surface area contributed by atoms with E-state index in [-0.39, 0.29) is 5.82 Å². The third-order valence-electron chi connectivity index (χ3n) is 3.01. The third kappa shape index (κ3) is 2.33.